The van der Waals surface area contributed by atoms with E-state index >= 15 is 0 Å². The summed E-state index contributed by atoms with van der Waals surface area (Å²) in [6, 6.07) is 10.4. The lowest BCUT2D eigenvalue weighted by Gasteiger charge is -2.19. The van der Waals surface area contributed by atoms with Gasteiger partial charge in [-0.25, -0.2) is 0 Å². The van der Waals surface area contributed by atoms with Crippen LogP contribution in [0.15, 0.2) is 47.2 Å². The van der Waals surface area contributed by atoms with Crippen molar-refractivity contribution in [1.29, 1.82) is 0 Å². The maximum absolute atomic E-state index is 5.74. The maximum atomic E-state index is 5.74. The molecule has 3 N–H and O–H groups in total. The number of hydrogen-bond acceptors (Lipinski definition) is 3. The number of hydrazine groups is 1. The fraction of sp³-hybridized carbons (Fsp3) is 0.267. The van der Waals surface area contributed by atoms with Crippen LogP contribution < -0.4 is 11.3 Å². The van der Waals surface area contributed by atoms with Crippen LogP contribution in [0.2, 0.25) is 0 Å². The molecular formula is C15H18BrN3. The third kappa shape index (κ3) is 3.41. The highest BCUT2D eigenvalue weighted by molar-refractivity contribution is 9.10. The second-order valence-electron chi connectivity index (χ2n) is 4.44. The van der Waals surface area contributed by atoms with E-state index in [-0.39, 0.29) is 6.04 Å². The number of hydrogen-bond donors (Lipinski definition) is 2. The highest BCUT2D eigenvalue weighted by atomic mass is 79.9. The van der Waals surface area contributed by atoms with Crippen LogP contribution >= 0.6 is 15.9 Å². The molecule has 3 nitrogen and oxygen atoms in total. The summed E-state index contributed by atoms with van der Waals surface area (Å²) >= 11 is 3.58. The minimum Gasteiger partial charge on any atom is -0.271 e. The summed E-state index contributed by atoms with van der Waals surface area (Å²) in [7, 11) is 0. The Morgan fingerprint density at radius 3 is 2.74 bits per heavy atom. The Balaban J connectivity index is 2.28. The number of nitrogens with one attached hydrogen (secondary N) is 1. The van der Waals surface area contributed by atoms with Gasteiger partial charge >= 0.3 is 0 Å². The number of benzene rings is 1. The summed E-state index contributed by atoms with van der Waals surface area (Å²) < 4.78 is 1.11. The standard InChI is InChI=1S/C15H18BrN3/c1-2-11-10-18-8-7-13(11)15(19-17)9-12-5-3-4-6-14(12)16/h3-8,10,15,19H,2,9,17H2,1H3. The third-order valence-electron chi connectivity index (χ3n) is 3.28. The summed E-state index contributed by atoms with van der Waals surface area (Å²) in [5.74, 6) is 5.74. The van der Waals surface area contributed by atoms with Gasteiger partial charge in [-0.15, -0.1) is 0 Å². The van der Waals surface area contributed by atoms with E-state index in [2.05, 4.69) is 45.4 Å². The molecule has 2 rings (SSSR count). The number of halogens is 1. The fourth-order valence-electron chi connectivity index (χ4n) is 2.22. The first-order valence-electron chi connectivity index (χ1n) is 6.38. The molecule has 1 unspecified atom stereocenters. The van der Waals surface area contributed by atoms with Crippen molar-refractivity contribution in [3.05, 3.63) is 63.9 Å². The van der Waals surface area contributed by atoms with E-state index in [1.54, 1.807) is 0 Å². The molecule has 0 saturated carbocycles. The van der Waals surface area contributed by atoms with Gasteiger partial charge in [-0.3, -0.25) is 16.3 Å². The fourth-order valence-corrected chi connectivity index (χ4v) is 2.66. The lowest BCUT2D eigenvalue weighted by Crippen LogP contribution is -2.30. The molecule has 0 bridgehead atoms. The molecule has 0 saturated heterocycles. The van der Waals surface area contributed by atoms with Crippen molar-refractivity contribution in [2.24, 2.45) is 5.84 Å². The minimum absolute atomic E-state index is 0.0941. The van der Waals surface area contributed by atoms with E-state index in [9.17, 15) is 0 Å². The number of aryl methyl sites for hydroxylation is 1. The summed E-state index contributed by atoms with van der Waals surface area (Å²) in [6.45, 7) is 2.13. The van der Waals surface area contributed by atoms with Crippen LogP contribution in [-0.4, -0.2) is 4.98 Å². The topological polar surface area (TPSA) is 50.9 Å². The van der Waals surface area contributed by atoms with E-state index < -0.39 is 0 Å². The predicted molar refractivity (Wildman–Crippen MR) is 81.5 cm³/mol. The molecule has 2 aromatic rings. The second kappa shape index (κ2) is 6.80. The Morgan fingerprint density at radius 1 is 1.26 bits per heavy atom. The van der Waals surface area contributed by atoms with Crippen LogP contribution in [0.3, 0.4) is 0 Å². The van der Waals surface area contributed by atoms with Crippen molar-refractivity contribution >= 4 is 15.9 Å². The molecular weight excluding hydrogens is 302 g/mol. The first kappa shape index (κ1) is 14.2. The molecule has 0 fully saturated rings. The van der Waals surface area contributed by atoms with Crippen molar-refractivity contribution < 1.29 is 0 Å². The normalized spacial score (nSPS) is 12.4. The Morgan fingerprint density at radius 2 is 2.05 bits per heavy atom. The smallest absolute Gasteiger partial charge is 0.0504 e. The van der Waals surface area contributed by atoms with Crippen LogP contribution in [0.25, 0.3) is 0 Å². The minimum atomic E-state index is 0.0941. The van der Waals surface area contributed by atoms with E-state index in [1.807, 2.05) is 30.6 Å². The zero-order chi connectivity index (χ0) is 13.7. The van der Waals surface area contributed by atoms with E-state index in [1.165, 1.54) is 16.7 Å². The van der Waals surface area contributed by atoms with E-state index in [0.29, 0.717) is 0 Å². The van der Waals surface area contributed by atoms with Crippen molar-refractivity contribution in [2.45, 2.75) is 25.8 Å². The average Bonchev–Trinajstić information content (AvgIpc) is 2.46. The summed E-state index contributed by atoms with van der Waals surface area (Å²) in [6.07, 6.45) is 5.53. The predicted octanol–water partition coefficient (Wildman–Crippen LogP) is 3.15. The van der Waals surface area contributed by atoms with Crippen LogP contribution in [0, 0.1) is 0 Å². The van der Waals surface area contributed by atoms with Gasteiger partial charge in [0.25, 0.3) is 0 Å². The van der Waals surface area contributed by atoms with Crippen LogP contribution in [0.4, 0.5) is 0 Å². The molecule has 0 aliphatic rings. The monoisotopic (exact) mass is 319 g/mol. The lowest BCUT2D eigenvalue weighted by molar-refractivity contribution is 0.546. The number of nitrogens with two attached hydrogens (primary N) is 1. The van der Waals surface area contributed by atoms with Gasteiger partial charge in [0.15, 0.2) is 0 Å². The Labute approximate surface area is 122 Å². The molecule has 0 radical (unpaired) electrons. The third-order valence-corrected chi connectivity index (χ3v) is 4.05. The molecule has 0 amide bonds. The largest absolute Gasteiger partial charge is 0.271 e. The first-order valence-corrected chi connectivity index (χ1v) is 7.17. The zero-order valence-corrected chi connectivity index (χ0v) is 12.5. The van der Waals surface area contributed by atoms with Gasteiger partial charge in [-0.1, -0.05) is 41.1 Å². The quantitative estimate of drug-likeness (QED) is 0.657. The van der Waals surface area contributed by atoms with E-state index in [0.717, 1.165) is 17.3 Å². The highest BCUT2D eigenvalue weighted by Crippen LogP contribution is 2.25. The van der Waals surface area contributed by atoms with E-state index in [4.69, 9.17) is 5.84 Å². The molecule has 1 atom stereocenters. The van der Waals surface area contributed by atoms with Crippen molar-refractivity contribution in [2.75, 3.05) is 0 Å². The van der Waals surface area contributed by atoms with Gasteiger partial charge < -0.3 is 0 Å². The highest BCUT2D eigenvalue weighted by Gasteiger charge is 2.15. The first-order chi connectivity index (χ1) is 9.26. The maximum Gasteiger partial charge on any atom is 0.0504 e. The number of aromatic nitrogens is 1. The Hall–Kier alpha value is -1.23. The molecule has 19 heavy (non-hydrogen) atoms. The summed E-state index contributed by atoms with van der Waals surface area (Å²) in [5.41, 5.74) is 6.61. The average molecular weight is 320 g/mol. The molecule has 1 aromatic heterocycles. The van der Waals surface area contributed by atoms with Gasteiger partial charge in [-0.2, -0.15) is 0 Å². The molecule has 100 valence electrons. The molecule has 1 heterocycles. The SMILES string of the molecule is CCc1cnccc1C(Cc1ccccc1Br)NN. The Bertz CT molecular complexity index is 542. The summed E-state index contributed by atoms with van der Waals surface area (Å²) in [5, 5.41) is 0. The van der Waals surface area contributed by atoms with Crippen LogP contribution in [0.5, 0.6) is 0 Å². The van der Waals surface area contributed by atoms with Crippen LogP contribution in [-0.2, 0) is 12.8 Å². The van der Waals surface area contributed by atoms with Crippen LogP contribution in [0.1, 0.15) is 29.7 Å². The van der Waals surface area contributed by atoms with Gasteiger partial charge in [0.05, 0.1) is 6.04 Å². The number of rotatable bonds is 5. The number of nitrogens with zero attached hydrogens (tertiary/aromatic N) is 1. The Kier molecular flexibility index (Phi) is 5.07. The van der Waals surface area contributed by atoms with Gasteiger partial charge in [0, 0.05) is 16.9 Å². The van der Waals surface area contributed by atoms with Gasteiger partial charge in [-0.05, 0) is 41.7 Å². The van der Waals surface area contributed by atoms with Gasteiger partial charge in [0.1, 0.15) is 0 Å². The number of pyridine rings is 1. The molecule has 0 aliphatic heterocycles. The zero-order valence-electron chi connectivity index (χ0n) is 10.9. The molecule has 4 heteroatoms. The molecule has 1 aromatic carbocycles. The van der Waals surface area contributed by atoms with Crippen molar-refractivity contribution in [3.8, 4) is 0 Å². The van der Waals surface area contributed by atoms with Gasteiger partial charge in [0.2, 0.25) is 0 Å². The van der Waals surface area contributed by atoms with Crippen molar-refractivity contribution in [3.63, 3.8) is 0 Å². The summed E-state index contributed by atoms with van der Waals surface area (Å²) in [4.78, 5) is 4.18. The lowest BCUT2D eigenvalue weighted by atomic mass is 9.95. The van der Waals surface area contributed by atoms with Crippen molar-refractivity contribution in [1.82, 2.24) is 10.4 Å². The second-order valence-corrected chi connectivity index (χ2v) is 5.30. The molecule has 0 spiro atoms. The molecule has 0 aliphatic carbocycles.